The van der Waals surface area contributed by atoms with Crippen LogP contribution in [0.3, 0.4) is 0 Å². The van der Waals surface area contributed by atoms with E-state index in [1.54, 1.807) is 0 Å². The maximum absolute atomic E-state index is 13.5. The van der Waals surface area contributed by atoms with Crippen LogP contribution in [0.25, 0.3) is 0 Å². The van der Waals surface area contributed by atoms with Gasteiger partial charge >= 0.3 is 0 Å². The fourth-order valence-electron chi connectivity index (χ4n) is 5.05. The van der Waals surface area contributed by atoms with Gasteiger partial charge in [0.2, 0.25) is 5.91 Å². The molecule has 0 radical (unpaired) electrons. The van der Waals surface area contributed by atoms with Gasteiger partial charge in [0, 0.05) is 30.3 Å². The number of hydrogen-bond donors (Lipinski definition) is 1. The lowest BCUT2D eigenvalue weighted by molar-refractivity contribution is -0.122. The van der Waals surface area contributed by atoms with Gasteiger partial charge in [0.25, 0.3) is 5.92 Å². The SMILES string of the molecule is O=C(CN1CCC2C(C1)C2(F)F)NCC1(c2ccccc2)CCCCC1. The van der Waals surface area contributed by atoms with Crippen LogP contribution in [0.2, 0.25) is 0 Å². The Bertz CT molecular complexity index is 643. The molecule has 4 rings (SSSR count). The minimum atomic E-state index is -2.50. The van der Waals surface area contributed by atoms with Gasteiger partial charge in [0.15, 0.2) is 0 Å². The van der Waals surface area contributed by atoms with E-state index < -0.39 is 17.8 Å². The lowest BCUT2D eigenvalue weighted by atomic mass is 9.69. The topological polar surface area (TPSA) is 32.3 Å². The first kappa shape index (κ1) is 17.9. The number of piperidine rings is 1. The summed E-state index contributed by atoms with van der Waals surface area (Å²) in [6.45, 7) is 1.85. The molecule has 2 atom stereocenters. The molecule has 3 fully saturated rings. The van der Waals surface area contributed by atoms with Crippen LogP contribution in [0.15, 0.2) is 30.3 Å². The number of amides is 1. The van der Waals surface area contributed by atoms with Crippen molar-refractivity contribution in [2.75, 3.05) is 26.2 Å². The van der Waals surface area contributed by atoms with Gasteiger partial charge in [-0.3, -0.25) is 9.69 Å². The Hall–Kier alpha value is -1.49. The molecule has 0 aromatic heterocycles. The van der Waals surface area contributed by atoms with Crippen molar-refractivity contribution < 1.29 is 13.6 Å². The average Bonchev–Trinajstić information content (AvgIpc) is 3.22. The largest absolute Gasteiger partial charge is 0.354 e. The van der Waals surface area contributed by atoms with Gasteiger partial charge in [0.1, 0.15) is 0 Å². The monoisotopic (exact) mass is 362 g/mol. The van der Waals surface area contributed by atoms with Crippen LogP contribution in [-0.2, 0) is 10.2 Å². The first-order valence-corrected chi connectivity index (χ1v) is 9.94. The summed E-state index contributed by atoms with van der Waals surface area (Å²) in [7, 11) is 0. The fraction of sp³-hybridized carbons (Fsp3) is 0.667. The van der Waals surface area contributed by atoms with Crippen LogP contribution in [0, 0.1) is 11.8 Å². The number of fused-ring (bicyclic) bond motifs is 1. The second-order valence-corrected chi connectivity index (χ2v) is 8.40. The summed E-state index contributed by atoms with van der Waals surface area (Å²) in [4.78, 5) is 14.4. The molecule has 0 spiro atoms. The standard InChI is InChI=1S/C21H28F2N2O/c22-21(23)17-9-12-25(13-18(17)21)14-19(26)24-15-20(10-5-2-6-11-20)16-7-3-1-4-8-16/h1,3-4,7-8,17-18H,2,5-6,9-15H2,(H,24,26). The zero-order chi connectivity index (χ0) is 18.2. The van der Waals surface area contributed by atoms with E-state index >= 15 is 0 Å². The Labute approximate surface area is 154 Å². The third-order valence-electron chi connectivity index (χ3n) is 6.76. The number of alkyl halides is 2. The average molecular weight is 362 g/mol. The molecule has 1 saturated heterocycles. The molecule has 2 saturated carbocycles. The molecule has 3 nitrogen and oxygen atoms in total. The quantitative estimate of drug-likeness (QED) is 0.868. The normalized spacial score (nSPS) is 29.6. The van der Waals surface area contributed by atoms with E-state index in [9.17, 15) is 13.6 Å². The Morgan fingerprint density at radius 3 is 2.54 bits per heavy atom. The minimum absolute atomic E-state index is 0.0195. The number of hydrogen-bond acceptors (Lipinski definition) is 2. The maximum atomic E-state index is 13.5. The summed E-state index contributed by atoms with van der Waals surface area (Å²) in [6, 6.07) is 10.5. The van der Waals surface area contributed by atoms with Crippen molar-refractivity contribution >= 4 is 5.91 Å². The zero-order valence-corrected chi connectivity index (χ0v) is 15.2. The second kappa shape index (κ2) is 6.91. The number of likely N-dealkylation sites (tertiary alicyclic amines) is 1. The molecule has 3 aliphatic rings. The molecular formula is C21H28F2N2O. The Morgan fingerprint density at radius 1 is 1.12 bits per heavy atom. The van der Waals surface area contributed by atoms with E-state index in [-0.39, 0.29) is 17.9 Å². The number of benzene rings is 1. The molecule has 0 bridgehead atoms. The van der Waals surface area contributed by atoms with E-state index in [4.69, 9.17) is 0 Å². The van der Waals surface area contributed by atoms with Crippen LogP contribution in [-0.4, -0.2) is 42.9 Å². The van der Waals surface area contributed by atoms with Gasteiger partial charge in [0.05, 0.1) is 6.54 Å². The highest BCUT2D eigenvalue weighted by Crippen LogP contribution is 2.59. The highest BCUT2D eigenvalue weighted by molar-refractivity contribution is 5.78. The van der Waals surface area contributed by atoms with Gasteiger partial charge in [-0.1, -0.05) is 49.6 Å². The van der Waals surface area contributed by atoms with E-state index in [2.05, 4.69) is 29.6 Å². The molecule has 1 heterocycles. The summed E-state index contributed by atoms with van der Waals surface area (Å²) in [6.07, 6.45) is 6.34. The summed E-state index contributed by atoms with van der Waals surface area (Å²) in [5, 5.41) is 3.12. The molecule has 1 aliphatic heterocycles. The van der Waals surface area contributed by atoms with E-state index in [1.165, 1.54) is 24.8 Å². The van der Waals surface area contributed by atoms with Gasteiger partial charge in [-0.25, -0.2) is 8.78 Å². The number of carbonyl (C=O) groups is 1. The van der Waals surface area contributed by atoms with Gasteiger partial charge in [-0.05, 0) is 31.4 Å². The molecule has 2 unspecified atom stereocenters. The molecule has 26 heavy (non-hydrogen) atoms. The number of halogens is 2. The van der Waals surface area contributed by atoms with Crippen molar-refractivity contribution in [2.24, 2.45) is 11.8 Å². The van der Waals surface area contributed by atoms with Crippen molar-refractivity contribution in [3.05, 3.63) is 35.9 Å². The highest BCUT2D eigenvalue weighted by Gasteiger charge is 2.68. The first-order chi connectivity index (χ1) is 12.5. The third-order valence-corrected chi connectivity index (χ3v) is 6.76. The molecule has 142 valence electrons. The summed E-state index contributed by atoms with van der Waals surface area (Å²) >= 11 is 0. The molecule has 2 aliphatic carbocycles. The lowest BCUT2D eigenvalue weighted by Gasteiger charge is -2.38. The maximum Gasteiger partial charge on any atom is 0.255 e. The number of nitrogens with one attached hydrogen (secondary N) is 1. The summed E-state index contributed by atoms with van der Waals surface area (Å²) < 4.78 is 27.0. The van der Waals surface area contributed by atoms with Crippen molar-refractivity contribution in [1.29, 1.82) is 0 Å². The van der Waals surface area contributed by atoms with Crippen LogP contribution in [0.5, 0.6) is 0 Å². The molecule has 1 aromatic rings. The Morgan fingerprint density at radius 2 is 1.85 bits per heavy atom. The lowest BCUT2D eigenvalue weighted by Crippen LogP contribution is -2.46. The van der Waals surface area contributed by atoms with Crippen molar-refractivity contribution in [1.82, 2.24) is 10.2 Å². The Kier molecular flexibility index (Phi) is 4.76. The predicted molar refractivity (Wildman–Crippen MR) is 97.2 cm³/mol. The zero-order valence-electron chi connectivity index (χ0n) is 15.2. The van der Waals surface area contributed by atoms with Crippen molar-refractivity contribution in [3.63, 3.8) is 0 Å². The Balaban J connectivity index is 1.34. The van der Waals surface area contributed by atoms with Crippen LogP contribution in [0.1, 0.15) is 44.1 Å². The first-order valence-electron chi connectivity index (χ1n) is 9.94. The minimum Gasteiger partial charge on any atom is -0.354 e. The second-order valence-electron chi connectivity index (χ2n) is 8.40. The third kappa shape index (κ3) is 3.38. The van der Waals surface area contributed by atoms with Crippen LogP contribution < -0.4 is 5.32 Å². The molecular weight excluding hydrogens is 334 g/mol. The molecule has 1 amide bonds. The summed E-state index contributed by atoms with van der Waals surface area (Å²) in [5.74, 6) is -3.50. The predicted octanol–water partition coefficient (Wildman–Crippen LogP) is 3.59. The van der Waals surface area contributed by atoms with E-state index in [0.717, 1.165) is 12.8 Å². The van der Waals surface area contributed by atoms with Crippen molar-refractivity contribution in [2.45, 2.75) is 49.9 Å². The molecule has 1 N–H and O–H groups in total. The van der Waals surface area contributed by atoms with E-state index in [0.29, 0.717) is 26.1 Å². The number of rotatable bonds is 5. The molecule has 1 aromatic carbocycles. The number of carbonyl (C=O) groups excluding carboxylic acids is 1. The van der Waals surface area contributed by atoms with Crippen LogP contribution >= 0.6 is 0 Å². The van der Waals surface area contributed by atoms with Gasteiger partial charge in [-0.2, -0.15) is 0 Å². The van der Waals surface area contributed by atoms with E-state index in [1.807, 2.05) is 11.0 Å². The van der Waals surface area contributed by atoms with Crippen LogP contribution in [0.4, 0.5) is 8.78 Å². The van der Waals surface area contributed by atoms with Crippen molar-refractivity contribution in [3.8, 4) is 0 Å². The fourth-order valence-corrected chi connectivity index (χ4v) is 5.05. The van der Waals surface area contributed by atoms with Gasteiger partial charge < -0.3 is 5.32 Å². The smallest absolute Gasteiger partial charge is 0.255 e. The van der Waals surface area contributed by atoms with Gasteiger partial charge in [-0.15, -0.1) is 0 Å². The summed E-state index contributed by atoms with van der Waals surface area (Å²) in [5.41, 5.74) is 1.32. The number of nitrogens with zero attached hydrogens (tertiary/aromatic N) is 1. The molecule has 5 heteroatoms. The highest BCUT2D eigenvalue weighted by atomic mass is 19.3.